The number of aliphatic carboxylic acids is 1. The molecule has 2 aromatic rings. The molecule has 2 heterocycles. The van der Waals surface area contributed by atoms with Crippen LogP contribution in [0.1, 0.15) is 17.2 Å². The summed E-state index contributed by atoms with van der Waals surface area (Å²) in [6.07, 6.45) is 1.81. The van der Waals surface area contributed by atoms with Gasteiger partial charge in [0.05, 0.1) is 6.54 Å². The number of carbonyl (C=O) groups excluding carboxylic acids is 1. The van der Waals surface area contributed by atoms with Crippen molar-refractivity contribution in [1.82, 2.24) is 19.7 Å². The molecule has 1 aliphatic rings. The monoisotopic (exact) mass is 358 g/mol. The van der Waals surface area contributed by atoms with Crippen LogP contribution >= 0.6 is 0 Å². The van der Waals surface area contributed by atoms with Crippen molar-refractivity contribution in [3.05, 3.63) is 35.5 Å². The number of H-pyrrole nitrogens is 1. The van der Waals surface area contributed by atoms with Gasteiger partial charge >= 0.3 is 5.97 Å². The average Bonchev–Trinajstić information content (AvgIpc) is 2.99. The lowest BCUT2D eigenvalue weighted by molar-refractivity contribution is -0.145. The SMILES string of the molecule is Cc1ccc2[nH]cc(C(C(=O)O)N3CCN(CC(=O)N(C)C)CC3)c2c1. The second kappa shape index (κ2) is 7.47. The number of hydrogen-bond donors (Lipinski definition) is 2. The van der Waals surface area contributed by atoms with E-state index < -0.39 is 12.0 Å². The Morgan fingerprint density at radius 2 is 1.92 bits per heavy atom. The minimum absolute atomic E-state index is 0.0698. The van der Waals surface area contributed by atoms with E-state index >= 15 is 0 Å². The predicted molar refractivity (Wildman–Crippen MR) is 100 cm³/mol. The summed E-state index contributed by atoms with van der Waals surface area (Å²) < 4.78 is 0. The summed E-state index contributed by atoms with van der Waals surface area (Å²) >= 11 is 0. The highest BCUT2D eigenvalue weighted by molar-refractivity contribution is 5.89. The molecule has 3 rings (SSSR count). The van der Waals surface area contributed by atoms with E-state index in [-0.39, 0.29) is 5.91 Å². The normalized spacial score (nSPS) is 17.3. The van der Waals surface area contributed by atoms with Crippen LogP contribution in [0.25, 0.3) is 10.9 Å². The lowest BCUT2D eigenvalue weighted by Gasteiger charge is -2.37. The van der Waals surface area contributed by atoms with E-state index in [1.807, 2.05) is 36.2 Å². The highest BCUT2D eigenvalue weighted by Gasteiger charge is 2.32. The molecule has 26 heavy (non-hydrogen) atoms. The first-order chi connectivity index (χ1) is 12.4. The van der Waals surface area contributed by atoms with Crippen LogP contribution in [-0.4, -0.2) is 83.5 Å². The first-order valence-electron chi connectivity index (χ1n) is 8.84. The van der Waals surface area contributed by atoms with Crippen molar-refractivity contribution in [2.45, 2.75) is 13.0 Å². The van der Waals surface area contributed by atoms with Gasteiger partial charge in [-0.05, 0) is 19.1 Å². The van der Waals surface area contributed by atoms with E-state index in [2.05, 4.69) is 9.88 Å². The summed E-state index contributed by atoms with van der Waals surface area (Å²) in [6, 6.07) is 5.34. The molecule has 1 fully saturated rings. The molecule has 0 spiro atoms. The quantitative estimate of drug-likeness (QED) is 0.842. The van der Waals surface area contributed by atoms with Crippen molar-refractivity contribution < 1.29 is 14.7 Å². The number of benzene rings is 1. The zero-order valence-electron chi connectivity index (χ0n) is 15.5. The van der Waals surface area contributed by atoms with Crippen LogP contribution < -0.4 is 0 Å². The van der Waals surface area contributed by atoms with Gasteiger partial charge in [0.25, 0.3) is 0 Å². The standard InChI is InChI=1S/C19H26N4O3/c1-13-4-5-16-14(10-13)15(11-20-16)18(19(25)26)23-8-6-22(7-9-23)12-17(24)21(2)3/h4-5,10-11,18,20H,6-9,12H2,1-3H3,(H,25,26). The number of nitrogens with zero attached hydrogens (tertiary/aromatic N) is 3. The number of piperazine rings is 1. The number of amides is 1. The third-order valence-corrected chi connectivity index (χ3v) is 5.03. The summed E-state index contributed by atoms with van der Waals surface area (Å²) in [6.45, 7) is 5.00. The van der Waals surface area contributed by atoms with Crippen molar-refractivity contribution >= 4 is 22.8 Å². The molecule has 1 aliphatic heterocycles. The maximum absolute atomic E-state index is 12.0. The second-order valence-corrected chi connectivity index (χ2v) is 7.13. The predicted octanol–water partition coefficient (Wildman–Crippen LogP) is 1.31. The molecular formula is C19H26N4O3. The first kappa shape index (κ1) is 18.4. The van der Waals surface area contributed by atoms with Crippen molar-refractivity contribution in [3.63, 3.8) is 0 Å². The molecule has 0 saturated carbocycles. The summed E-state index contributed by atoms with van der Waals surface area (Å²) in [5.41, 5.74) is 2.86. The van der Waals surface area contributed by atoms with E-state index in [9.17, 15) is 14.7 Å². The molecule has 0 bridgehead atoms. The van der Waals surface area contributed by atoms with Gasteiger partial charge in [-0.1, -0.05) is 11.6 Å². The number of carboxylic acid groups (broad SMARTS) is 1. The Morgan fingerprint density at radius 1 is 1.23 bits per heavy atom. The smallest absolute Gasteiger partial charge is 0.325 e. The summed E-state index contributed by atoms with van der Waals surface area (Å²) in [4.78, 5) is 32.8. The zero-order chi connectivity index (χ0) is 18.8. The topological polar surface area (TPSA) is 79.9 Å². The van der Waals surface area contributed by atoms with Gasteiger partial charge in [0.2, 0.25) is 5.91 Å². The first-order valence-corrected chi connectivity index (χ1v) is 8.84. The Kier molecular flexibility index (Phi) is 5.29. The van der Waals surface area contributed by atoms with Crippen LogP contribution in [0.4, 0.5) is 0 Å². The fraction of sp³-hybridized carbons (Fsp3) is 0.474. The number of aromatic amines is 1. The van der Waals surface area contributed by atoms with Gasteiger partial charge in [0.1, 0.15) is 6.04 Å². The second-order valence-electron chi connectivity index (χ2n) is 7.13. The molecule has 1 atom stereocenters. The van der Waals surface area contributed by atoms with Crippen LogP contribution in [0.15, 0.2) is 24.4 Å². The van der Waals surface area contributed by atoms with E-state index in [0.717, 1.165) is 22.0 Å². The summed E-state index contributed by atoms with van der Waals surface area (Å²) in [5, 5.41) is 10.8. The highest BCUT2D eigenvalue weighted by Crippen LogP contribution is 2.30. The lowest BCUT2D eigenvalue weighted by Crippen LogP contribution is -2.51. The van der Waals surface area contributed by atoms with Gasteiger partial charge < -0.3 is 15.0 Å². The third-order valence-electron chi connectivity index (χ3n) is 5.03. The zero-order valence-corrected chi connectivity index (χ0v) is 15.5. The van der Waals surface area contributed by atoms with E-state index in [1.165, 1.54) is 0 Å². The van der Waals surface area contributed by atoms with Crippen LogP contribution in [0, 0.1) is 6.92 Å². The molecule has 1 aromatic carbocycles. The Bertz CT molecular complexity index is 806. The van der Waals surface area contributed by atoms with E-state index in [1.54, 1.807) is 19.0 Å². The molecule has 2 N–H and O–H groups in total. The number of aromatic nitrogens is 1. The molecular weight excluding hydrogens is 332 g/mol. The Labute approximate surface area is 153 Å². The van der Waals surface area contributed by atoms with Crippen molar-refractivity contribution in [2.75, 3.05) is 46.8 Å². The van der Waals surface area contributed by atoms with E-state index in [4.69, 9.17) is 0 Å². The maximum Gasteiger partial charge on any atom is 0.325 e. The van der Waals surface area contributed by atoms with E-state index in [0.29, 0.717) is 32.7 Å². The van der Waals surface area contributed by atoms with Crippen LogP contribution in [0.2, 0.25) is 0 Å². The molecule has 0 radical (unpaired) electrons. The third kappa shape index (κ3) is 3.73. The molecule has 7 heteroatoms. The Balaban J connectivity index is 1.76. The van der Waals surface area contributed by atoms with Gasteiger partial charge in [0.15, 0.2) is 0 Å². The molecule has 0 aliphatic carbocycles. The number of nitrogens with one attached hydrogen (secondary N) is 1. The number of aryl methyl sites for hydroxylation is 1. The molecule has 1 amide bonds. The minimum atomic E-state index is -0.842. The van der Waals surface area contributed by atoms with Crippen molar-refractivity contribution in [3.8, 4) is 0 Å². The minimum Gasteiger partial charge on any atom is -0.480 e. The van der Waals surface area contributed by atoms with Crippen molar-refractivity contribution in [1.29, 1.82) is 0 Å². The van der Waals surface area contributed by atoms with Gasteiger partial charge in [-0.15, -0.1) is 0 Å². The van der Waals surface area contributed by atoms with Gasteiger partial charge in [0, 0.05) is 62.9 Å². The van der Waals surface area contributed by atoms with Crippen molar-refractivity contribution in [2.24, 2.45) is 0 Å². The molecule has 7 nitrogen and oxygen atoms in total. The fourth-order valence-electron chi connectivity index (χ4n) is 3.48. The number of carbonyl (C=O) groups is 2. The number of carboxylic acids is 1. The largest absolute Gasteiger partial charge is 0.480 e. The molecule has 140 valence electrons. The Hall–Kier alpha value is -2.38. The highest BCUT2D eigenvalue weighted by atomic mass is 16.4. The fourth-order valence-corrected chi connectivity index (χ4v) is 3.48. The number of fused-ring (bicyclic) bond motifs is 1. The van der Waals surface area contributed by atoms with Gasteiger partial charge in [-0.25, -0.2) is 0 Å². The maximum atomic E-state index is 12.0. The van der Waals surface area contributed by atoms with Gasteiger partial charge in [-0.2, -0.15) is 0 Å². The molecule has 1 saturated heterocycles. The average molecular weight is 358 g/mol. The number of rotatable bonds is 5. The summed E-state index contributed by atoms with van der Waals surface area (Å²) in [5.74, 6) is -0.773. The van der Waals surface area contributed by atoms with Crippen LogP contribution in [0.5, 0.6) is 0 Å². The summed E-state index contributed by atoms with van der Waals surface area (Å²) in [7, 11) is 3.50. The van der Waals surface area contributed by atoms with Crippen LogP contribution in [-0.2, 0) is 9.59 Å². The lowest BCUT2D eigenvalue weighted by atomic mass is 10.0. The Morgan fingerprint density at radius 3 is 2.54 bits per heavy atom. The number of hydrogen-bond acceptors (Lipinski definition) is 4. The van der Waals surface area contributed by atoms with Gasteiger partial charge in [-0.3, -0.25) is 19.4 Å². The molecule has 1 unspecified atom stereocenters. The molecule has 1 aromatic heterocycles. The van der Waals surface area contributed by atoms with Crippen LogP contribution in [0.3, 0.4) is 0 Å². The number of likely N-dealkylation sites (N-methyl/N-ethyl adjacent to an activating group) is 1.